The number of rotatable bonds is 4. The minimum absolute atomic E-state index is 0.321. The van der Waals surface area contributed by atoms with Gasteiger partial charge >= 0.3 is 11.8 Å². The lowest BCUT2D eigenvalue weighted by Crippen LogP contribution is -2.37. The fourth-order valence-electron chi connectivity index (χ4n) is 2.30. The summed E-state index contributed by atoms with van der Waals surface area (Å²) in [6.07, 6.45) is 2.46. The Hall–Kier alpha value is -2.04. The van der Waals surface area contributed by atoms with Crippen LogP contribution in [0.2, 0.25) is 0 Å². The van der Waals surface area contributed by atoms with Crippen molar-refractivity contribution in [3.8, 4) is 0 Å². The molecule has 0 saturated carbocycles. The van der Waals surface area contributed by atoms with Gasteiger partial charge in [0.15, 0.2) is 0 Å². The molecule has 2 N–H and O–H groups in total. The van der Waals surface area contributed by atoms with E-state index in [2.05, 4.69) is 15.5 Å². The van der Waals surface area contributed by atoms with Crippen molar-refractivity contribution in [1.29, 1.82) is 0 Å². The van der Waals surface area contributed by atoms with Gasteiger partial charge in [0.25, 0.3) is 0 Å². The number of hydrogen-bond acceptors (Lipinski definition) is 3. The van der Waals surface area contributed by atoms with Gasteiger partial charge in [-0.3, -0.25) is 9.59 Å². The van der Waals surface area contributed by atoms with Gasteiger partial charge in [0.2, 0.25) is 0 Å². The van der Waals surface area contributed by atoms with E-state index in [4.69, 9.17) is 0 Å². The van der Waals surface area contributed by atoms with Gasteiger partial charge in [-0.1, -0.05) is 13.8 Å². The van der Waals surface area contributed by atoms with Gasteiger partial charge in [-0.15, -0.1) is 0 Å². The Labute approximate surface area is 125 Å². The van der Waals surface area contributed by atoms with Crippen LogP contribution in [0.1, 0.15) is 26.7 Å². The van der Waals surface area contributed by atoms with E-state index in [1.165, 1.54) is 12.8 Å². The summed E-state index contributed by atoms with van der Waals surface area (Å²) in [4.78, 5) is 25.6. The summed E-state index contributed by atoms with van der Waals surface area (Å²) in [6.45, 7) is 6.64. The van der Waals surface area contributed by atoms with Gasteiger partial charge in [0.1, 0.15) is 0 Å². The molecule has 0 radical (unpaired) electrons. The predicted octanol–water partition coefficient (Wildman–Crippen LogP) is 2.00. The molecule has 21 heavy (non-hydrogen) atoms. The average Bonchev–Trinajstić information content (AvgIpc) is 2.99. The van der Waals surface area contributed by atoms with Crippen LogP contribution in [-0.2, 0) is 9.59 Å². The Morgan fingerprint density at radius 3 is 2.29 bits per heavy atom. The van der Waals surface area contributed by atoms with Crippen molar-refractivity contribution in [2.45, 2.75) is 26.7 Å². The fraction of sp³-hybridized carbons (Fsp3) is 0.500. The fourth-order valence-corrected chi connectivity index (χ4v) is 2.30. The Kier molecular flexibility index (Phi) is 5.20. The SMILES string of the molecule is CC(C)CNC(=O)C(=O)Nc1ccc(N2CCCC2)cc1. The average molecular weight is 289 g/mol. The molecule has 2 rings (SSSR count). The number of anilines is 2. The van der Waals surface area contributed by atoms with E-state index in [-0.39, 0.29) is 0 Å². The lowest BCUT2D eigenvalue weighted by molar-refractivity contribution is -0.136. The molecule has 2 amide bonds. The van der Waals surface area contributed by atoms with E-state index < -0.39 is 11.8 Å². The molecule has 0 atom stereocenters. The normalized spacial score (nSPS) is 14.3. The second-order valence-corrected chi connectivity index (χ2v) is 5.80. The van der Waals surface area contributed by atoms with E-state index in [1.807, 2.05) is 38.1 Å². The van der Waals surface area contributed by atoms with Crippen LogP contribution in [0.15, 0.2) is 24.3 Å². The molecule has 0 unspecified atom stereocenters. The number of hydrogen-bond donors (Lipinski definition) is 2. The second-order valence-electron chi connectivity index (χ2n) is 5.80. The first kappa shape index (κ1) is 15.4. The van der Waals surface area contributed by atoms with Crippen molar-refractivity contribution in [2.75, 3.05) is 29.9 Å². The quantitative estimate of drug-likeness (QED) is 0.833. The zero-order valence-electron chi connectivity index (χ0n) is 12.7. The highest BCUT2D eigenvalue weighted by molar-refractivity contribution is 6.39. The standard InChI is InChI=1S/C16H23N3O2/c1-12(2)11-17-15(20)16(21)18-13-5-7-14(8-6-13)19-9-3-4-10-19/h5-8,12H,3-4,9-11H2,1-2H3,(H,17,20)(H,18,21). The van der Waals surface area contributed by atoms with Crippen LogP contribution in [0.4, 0.5) is 11.4 Å². The lowest BCUT2D eigenvalue weighted by Gasteiger charge is -2.17. The lowest BCUT2D eigenvalue weighted by atomic mass is 10.2. The monoisotopic (exact) mass is 289 g/mol. The number of nitrogens with one attached hydrogen (secondary N) is 2. The minimum Gasteiger partial charge on any atom is -0.372 e. The first-order valence-corrected chi connectivity index (χ1v) is 7.50. The van der Waals surface area contributed by atoms with Crippen LogP contribution in [0, 0.1) is 5.92 Å². The topological polar surface area (TPSA) is 61.4 Å². The van der Waals surface area contributed by atoms with Gasteiger partial charge in [-0.05, 0) is 43.0 Å². The first-order valence-electron chi connectivity index (χ1n) is 7.50. The summed E-state index contributed by atoms with van der Waals surface area (Å²) in [5, 5.41) is 5.21. The molecule has 1 aromatic carbocycles. The summed E-state index contributed by atoms with van der Waals surface area (Å²) in [5.74, 6) is -0.890. The summed E-state index contributed by atoms with van der Waals surface area (Å²) in [6, 6.07) is 7.63. The largest absolute Gasteiger partial charge is 0.372 e. The Balaban J connectivity index is 1.87. The number of carbonyl (C=O) groups excluding carboxylic acids is 2. The van der Waals surface area contributed by atoms with Crippen molar-refractivity contribution in [2.24, 2.45) is 5.92 Å². The maximum absolute atomic E-state index is 11.7. The van der Waals surface area contributed by atoms with E-state index >= 15 is 0 Å². The third kappa shape index (κ3) is 4.48. The summed E-state index contributed by atoms with van der Waals surface area (Å²) >= 11 is 0. The van der Waals surface area contributed by atoms with Gasteiger partial charge < -0.3 is 15.5 Å². The smallest absolute Gasteiger partial charge is 0.313 e. The second kappa shape index (κ2) is 7.11. The molecule has 1 heterocycles. The maximum atomic E-state index is 11.7. The molecule has 1 fully saturated rings. The van der Waals surface area contributed by atoms with Crippen LogP contribution in [-0.4, -0.2) is 31.4 Å². The molecule has 0 bridgehead atoms. The molecule has 1 saturated heterocycles. The number of amides is 2. The van der Waals surface area contributed by atoms with E-state index in [1.54, 1.807) is 0 Å². The molecule has 1 aliphatic heterocycles. The zero-order valence-corrected chi connectivity index (χ0v) is 12.7. The van der Waals surface area contributed by atoms with Crippen molar-refractivity contribution in [1.82, 2.24) is 5.32 Å². The van der Waals surface area contributed by atoms with Gasteiger partial charge in [-0.2, -0.15) is 0 Å². The van der Waals surface area contributed by atoms with Crippen LogP contribution in [0.5, 0.6) is 0 Å². The Bertz CT molecular complexity index is 491. The highest BCUT2D eigenvalue weighted by atomic mass is 16.2. The molecular formula is C16H23N3O2. The van der Waals surface area contributed by atoms with Crippen molar-refractivity contribution in [3.05, 3.63) is 24.3 Å². The molecule has 5 nitrogen and oxygen atoms in total. The predicted molar refractivity (Wildman–Crippen MR) is 84.4 cm³/mol. The molecule has 5 heteroatoms. The Morgan fingerprint density at radius 2 is 1.71 bits per heavy atom. The highest BCUT2D eigenvalue weighted by Crippen LogP contribution is 2.21. The maximum Gasteiger partial charge on any atom is 0.313 e. The van der Waals surface area contributed by atoms with Crippen molar-refractivity contribution < 1.29 is 9.59 Å². The van der Waals surface area contributed by atoms with Crippen LogP contribution >= 0.6 is 0 Å². The third-order valence-corrected chi connectivity index (χ3v) is 3.47. The first-order chi connectivity index (χ1) is 10.1. The summed E-state index contributed by atoms with van der Waals surface area (Å²) in [7, 11) is 0. The number of benzene rings is 1. The van der Waals surface area contributed by atoms with E-state index in [0.717, 1.165) is 18.8 Å². The molecular weight excluding hydrogens is 266 g/mol. The van der Waals surface area contributed by atoms with Crippen molar-refractivity contribution >= 4 is 23.2 Å². The van der Waals surface area contributed by atoms with Gasteiger partial charge in [0.05, 0.1) is 0 Å². The number of nitrogens with zero attached hydrogens (tertiary/aromatic N) is 1. The highest BCUT2D eigenvalue weighted by Gasteiger charge is 2.15. The van der Waals surface area contributed by atoms with E-state index in [9.17, 15) is 9.59 Å². The number of carbonyl (C=O) groups is 2. The summed E-state index contributed by atoms with van der Waals surface area (Å²) < 4.78 is 0. The Morgan fingerprint density at radius 1 is 1.10 bits per heavy atom. The molecule has 1 aromatic rings. The third-order valence-electron chi connectivity index (χ3n) is 3.47. The van der Waals surface area contributed by atoms with E-state index in [0.29, 0.717) is 18.2 Å². The van der Waals surface area contributed by atoms with Crippen LogP contribution in [0.3, 0.4) is 0 Å². The van der Waals surface area contributed by atoms with Gasteiger partial charge in [0, 0.05) is 31.0 Å². The summed E-state index contributed by atoms with van der Waals surface area (Å²) in [5.41, 5.74) is 1.80. The zero-order chi connectivity index (χ0) is 15.2. The molecule has 0 aliphatic carbocycles. The molecule has 114 valence electrons. The molecule has 0 spiro atoms. The molecule has 1 aliphatic rings. The van der Waals surface area contributed by atoms with Crippen LogP contribution < -0.4 is 15.5 Å². The van der Waals surface area contributed by atoms with Crippen molar-refractivity contribution in [3.63, 3.8) is 0 Å². The molecule has 0 aromatic heterocycles. The van der Waals surface area contributed by atoms with Crippen LogP contribution in [0.25, 0.3) is 0 Å². The van der Waals surface area contributed by atoms with Gasteiger partial charge in [-0.25, -0.2) is 0 Å². The minimum atomic E-state index is -0.621.